The summed E-state index contributed by atoms with van der Waals surface area (Å²) in [4.78, 5) is 0.176. The Morgan fingerprint density at radius 1 is 0.758 bits per heavy atom. The second-order valence-electron chi connectivity index (χ2n) is 8.15. The Kier molecular flexibility index (Phi) is 5.95. The fourth-order valence-corrected chi connectivity index (χ4v) is 7.24. The average Bonchev–Trinajstić information content (AvgIpc) is 3.29. The Bertz CT molecular complexity index is 1340. The molecular formula is C21H25N5O5S2. The normalized spacial score (nSPS) is 19.8. The highest BCUT2D eigenvalue weighted by atomic mass is 32.2. The van der Waals surface area contributed by atoms with E-state index in [9.17, 15) is 16.8 Å². The van der Waals surface area contributed by atoms with E-state index >= 15 is 0 Å². The minimum atomic E-state index is -3.72. The molecule has 10 nitrogen and oxygen atoms in total. The van der Waals surface area contributed by atoms with E-state index in [1.807, 2.05) is 28.8 Å². The third-order valence-electron chi connectivity index (χ3n) is 6.23. The second kappa shape index (κ2) is 8.76. The van der Waals surface area contributed by atoms with E-state index in [2.05, 4.69) is 10.2 Å². The Labute approximate surface area is 192 Å². The maximum Gasteiger partial charge on any atom is 0.243 e. The van der Waals surface area contributed by atoms with Gasteiger partial charge in [0, 0.05) is 38.3 Å². The highest BCUT2D eigenvalue weighted by molar-refractivity contribution is 7.89. The number of nitrogens with zero attached hydrogens (tertiary/aromatic N) is 5. The van der Waals surface area contributed by atoms with E-state index in [0.717, 1.165) is 11.5 Å². The third kappa shape index (κ3) is 4.17. The number of hydrogen-bond donors (Lipinski definition) is 0. The highest BCUT2D eigenvalue weighted by Gasteiger charge is 2.32. The summed E-state index contributed by atoms with van der Waals surface area (Å²) in [6.07, 6.45) is 3.19. The van der Waals surface area contributed by atoms with Crippen LogP contribution in [0.2, 0.25) is 0 Å². The first-order valence-corrected chi connectivity index (χ1v) is 13.7. The average molecular weight is 492 g/mol. The molecule has 0 atom stereocenters. The Morgan fingerprint density at radius 3 is 1.94 bits per heavy atom. The predicted octanol–water partition coefficient (Wildman–Crippen LogP) is 1.32. The van der Waals surface area contributed by atoms with Crippen molar-refractivity contribution in [1.29, 1.82) is 0 Å². The number of benzene rings is 1. The molecule has 2 fully saturated rings. The van der Waals surface area contributed by atoms with Crippen molar-refractivity contribution in [1.82, 2.24) is 23.2 Å². The van der Waals surface area contributed by atoms with Gasteiger partial charge in [0.2, 0.25) is 20.0 Å². The molecule has 0 saturated carbocycles. The molecule has 0 spiro atoms. The number of hydrogen-bond acceptors (Lipinski definition) is 7. The zero-order chi connectivity index (χ0) is 23.1. The van der Waals surface area contributed by atoms with Gasteiger partial charge in [-0.3, -0.25) is 4.40 Å². The molecule has 0 amide bonds. The smallest absolute Gasteiger partial charge is 0.243 e. The monoisotopic (exact) mass is 491 g/mol. The molecule has 0 radical (unpaired) electrons. The number of rotatable bonds is 5. The number of morpholine rings is 1. The molecule has 2 saturated heterocycles. The summed E-state index contributed by atoms with van der Waals surface area (Å²) >= 11 is 0. The summed E-state index contributed by atoms with van der Waals surface area (Å²) in [7, 11) is -7.39. The fraction of sp³-hybridized carbons (Fsp3) is 0.429. The first-order chi connectivity index (χ1) is 15.9. The van der Waals surface area contributed by atoms with Crippen LogP contribution in [0.3, 0.4) is 0 Å². The maximum absolute atomic E-state index is 13.2. The SMILES string of the molecule is O=S(=O)(c1ccc(S(=O)(=O)N2CCC(c3nnc4ccccn34)CC2)cc1)N1CCOCC1. The van der Waals surface area contributed by atoms with Gasteiger partial charge in [-0.15, -0.1) is 10.2 Å². The number of fused-ring (bicyclic) bond motifs is 1. The van der Waals surface area contributed by atoms with Gasteiger partial charge in [0.1, 0.15) is 5.82 Å². The van der Waals surface area contributed by atoms with E-state index < -0.39 is 20.0 Å². The molecular weight excluding hydrogens is 466 g/mol. The quantitative estimate of drug-likeness (QED) is 0.529. The van der Waals surface area contributed by atoms with Crippen LogP contribution in [0.1, 0.15) is 24.6 Å². The van der Waals surface area contributed by atoms with Gasteiger partial charge >= 0.3 is 0 Å². The van der Waals surface area contributed by atoms with Crippen molar-refractivity contribution in [3.8, 4) is 0 Å². The van der Waals surface area contributed by atoms with E-state index in [1.54, 1.807) is 0 Å². The van der Waals surface area contributed by atoms with Crippen LogP contribution in [0, 0.1) is 0 Å². The van der Waals surface area contributed by atoms with Crippen molar-refractivity contribution >= 4 is 25.7 Å². The van der Waals surface area contributed by atoms with E-state index in [0.29, 0.717) is 52.2 Å². The van der Waals surface area contributed by atoms with Crippen molar-refractivity contribution in [2.75, 3.05) is 39.4 Å². The molecule has 2 aromatic heterocycles. The molecule has 1 aromatic carbocycles. The molecule has 33 heavy (non-hydrogen) atoms. The van der Waals surface area contributed by atoms with Gasteiger partial charge in [0.05, 0.1) is 23.0 Å². The fourth-order valence-electron chi connectivity index (χ4n) is 4.36. The summed E-state index contributed by atoms with van der Waals surface area (Å²) in [5.74, 6) is 0.968. The van der Waals surface area contributed by atoms with E-state index in [4.69, 9.17) is 4.74 Å². The van der Waals surface area contributed by atoms with Crippen molar-refractivity contribution in [3.05, 3.63) is 54.5 Å². The summed E-state index contributed by atoms with van der Waals surface area (Å²) in [5, 5.41) is 8.50. The summed E-state index contributed by atoms with van der Waals surface area (Å²) < 4.78 is 61.9. The minimum Gasteiger partial charge on any atom is -0.379 e. The lowest BCUT2D eigenvalue weighted by Gasteiger charge is -2.30. The Morgan fingerprint density at radius 2 is 1.33 bits per heavy atom. The zero-order valence-electron chi connectivity index (χ0n) is 17.9. The van der Waals surface area contributed by atoms with Crippen LogP contribution in [0.4, 0.5) is 0 Å². The number of aromatic nitrogens is 3. The van der Waals surface area contributed by atoms with Crippen LogP contribution in [0.5, 0.6) is 0 Å². The van der Waals surface area contributed by atoms with Crippen LogP contribution < -0.4 is 0 Å². The van der Waals surface area contributed by atoms with Crippen molar-refractivity contribution < 1.29 is 21.6 Å². The minimum absolute atomic E-state index is 0.0840. The largest absolute Gasteiger partial charge is 0.379 e. The lowest BCUT2D eigenvalue weighted by Crippen LogP contribution is -2.40. The predicted molar refractivity (Wildman–Crippen MR) is 120 cm³/mol. The lowest BCUT2D eigenvalue weighted by atomic mass is 9.97. The van der Waals surface area contributed by atoms with Crippen LogP contribution >= 0.6 is 0 Å². The van der Waals surface area contributed by atoms with E-state index in [1.165, 1.54) is 32.9 Å². The number of ether oxygens (including phenoxy) is 1. The molecule has 12 heteroatoms. The first kappa shape index (κ1) is 22.4. The number of piperidine rings is 1. The van der Waals surface area contributed by atoms with Gasteiger partial charge < -0.3 is 4.74 Å². The van der Waals surface area contributed by atoms with Crippen LogP contribution in [0.25, 0.3) is 5.65 Å². The molecule has 0 bridgehead atoms. The molecule has 0 aliphatic carbocycles. The summed E-state index contributed by atoms with van der Waals surface area (Å²) in [6.45, 7) is 2.01. The molecule has 0 unspecified atom stereocenters. The topological polar surface area (TPSA) is 114 Å². The second-order valence-corrected chi connectivity index (χ2v) is 12.0. The standard InChI is InChI=1S/C21H25N5O5S2/c27-32(28,18-4-6-19(7-5-18)33(29,30)25-13-15-31-16-14-25)24-11-8-17(9-12-24)21-23-22-20-3-1-2-10-26(20)21/h1-7,10,17H,8-9,11-16H2. The molecule has 3 aromatic rings. The van der Waals surface area contributed by atoms with Gasteiger partial charge in [-0.1, -0.05) is 6.07 Å². The lowest BCUT2D eigenvalue weighted by molar-refractivity contribution is 0.0730. The molecule has 176 valence electrons. The Hall–Kier alpha value is -2.38. The van der Waals surface area contributed by atoms with Gasteiger partial charge in [-0.05, 0) is 49.2 Å². The van der Waals surface area contributed by atoms with Crippen molar-refractivity contribution in [2.45, 2.75) is 28.6 Å². The molecule has 5 rings (SSSR count). The third-order valence-corrected chi connectivity index (χ3v) is 10.1. The zero-order valence-corrected chi connectivity index (χ0v) is 19.6. The molecule has 4 heterocycles. The van der Waals surface area contributed by atoms with Gasteiger partial charge in [-0.2, -0.15) is 8.61 Å². The van der Waals surface area contributed by atoms with Gasteiger partial charge in [0.15, 0.2) is 5.65 Å². The molecule has 2 aliphatic rings. The number of sulfonamides is 2. The molecule has 0 N–H and O–H groups in total. The van der Waals surface area contributed by atoms with E-state index in [-0.39, 0.29) is 15.7 Å². The van der Waals surface area contributed by atoms with Gasteiger partial charge in [-0.25, -0.2) is 16.8 Å². The van der Waals surface area contributed by atoms with Crippen LogP contribution in [0.15, 0.2) is 58.5 Å². The van der Waals surface area contributed by atoms with Crippen molar-refractivity contribution in [3.63, 3.8) is 0 Å². The van der Waals surface area contributed by atoms with Crippen LogP contribution in [-0.4, -0.2) is 79.4 Å². The Balaban J connectivity index is 1.29. The van der Waals surface area contributed by atoms with Gasteiger partial charge in [0.25, 0.3) is 0 Å². The van der Waals surface area contributed by atoms with Crippen molar-refractivity contribution in [2.24, 2.45) is 0 Å². The number of pyridine rings is 1. The summed E-state index contributed by atoms with van der Waals surface area (Å²) in [6, 6.07) is 11.2. The first-order valence-electron chi connectivity index (χ1n) is 10.9. The highest BCUT2D eigenvalue weighted by Crippen LogP contribution is 2.30. The molecule has 2 aliphatic heterocycles. The summed E-state index contributed by atoms with van der Waals surface area (Å²) in [5.41, 5.74) is 0.773. The van der Waals surface area contributed by atoms with Crippen LogP contribution in [-0.2, 0) is 24.8 Å². The maximum atomic E-state index is 13.2.